The van der Waals surface area contributed by atoms with E-state index in [-0.39, 0.29) is 19.1 Å². The van der Waals surface area contributed by atoms with Crippen LogP contribution in [0.15, 0.2) is 24.3 Å². The van der Waals surface area contributed by atoms with Gasteiger partial charge in [-0.1, -0.05) is 12.1 Å². The van der Waals surface area contributed by atoms with E-state index in [2.05, 4.69) is 22.7 Å². The average molecular weight is 308 g/mol. The molecule has 1 aliphatic heterocycles. The maximum atomic E-state index is 12.4. The summed E-state index contributed by atoms with van der Waals surface area (Å²) in [6, 6.07) is 7.13. The van der Waals surface area contributed by atoms with E-state index < -0.39 is 6.10 Å². The first-order valence-corrected chi connectivity index (χ1v) is 7.46. The molecule has 1 aromatic carbocycles. The van der Waals surface area contributed by atoms with E-state index in [4.69, 9.17) is 5.11 Å². The van der Waals surface area contributed by atoms with Gasteiger partial charge in [0.15, 0.2) is 0 Å². The molecule has 1 atom stereocenters. The third kappa shape index (κ3) is 4.67. The fourth-order valence-electron chi connectivity index (χ4n) is 2.25. The van der Waals surface area contributed by atoms with E-state index in [9.17, 15) is 9.90 Å². The Balaban J connectivity index is 1.96. The Hall–Kier alpha value is -1.67. The number of hydrogen-bond donors (Lipinski definition) is 4. The topological polar surface area (TPSA) is 88.1 Å². The first-order chi connectivity index (χ1) is 10.6. The summed E-state index contributed by atoms with van der Waals surface area (Å²) in [6.45, 7) is 3.30. The number of carbonyl (C=O) groups excluding carboxylic acids is 1. The van der Waals surface area contributed by atoms with Crippen molar-refractivity contribution in [1.82, 2.24) is 15.3 Å². The highest BCUT2D eigenvalue weighted by atomic mass is 16.3. The van der Waals surface area contributed by atoms with Crippen LogP contribution in [0.25, 0.3) is 0 Å². The lowest BCUT2D eigenvalue weighted by molar-refractivity contribution is 0.0663. The minimum absolute atomic E-state index is 0.175. The maximum Gasteiger partial charge on any atom is 0.267 e. The highest BCUT2D eigenvalue weighted by Gasteiger charge is 2.18. The number of piperazine rings is 1. The Kier molecular flexibility index (Phi) is 6.14. The van der Waals surface area contributed by atoms with Crippen LogP contribution in [0.1, 0.15) is 10.4 Å². The van der Waals surface area contributed by atoms with E-state index in [0.717, 1.165) is 26.2 Å². The van der Waals surface area contributed by atoms with Gasteiger partial charge in [0.1, 0.15) is 0 Å². The number of aliphatic hydroxyl groups is 2. The van der Waals surface area contributed by atoms with Crippen LogP contribution in [0.3, 0.4) is 0 Å². The lowest BCUT2D eigenvalue weighted by Gasteiger charge is -2.32. The Bertz CT molecular complexity index is 489. The molecular weight excluding hydrogens is 284 g/mol. The van der Waals surface area contributed by atoms with Crippen molar-refractivity contribution in [3.05, 3.63) is 29.8 Å². The molecule has 1 saturated heterocycles. The summed E-state index contributed by atoms with van der Waals surface area (Å²) in [4.78, 5) is 14.6. The van der Waals surface area contributed by atoms with Crippen molar-refractivity contribution in [2.75, 3.05) is 51.7 Å². The molecule has 0 aliphatic carbocycles. The number of nitrogens with one attached hydrogen (secondary N) is 2. The Morgan fingerprint density at radius 1 is 1.27 bits per heavy atom. The number of aliphatic hydroxyl groups excluding tert-OH is 2. The molecule has 1 unspecified atom stereocenters. The molecule has 7 nitrogen and oxygen atoms in total. The van der Waals surface area contributed by atoms with Gasteiger partial charge in [0.25, 0.3) is 5.91 Å². The molecule has 0 aromatic heterocycles. The highest BCUT2D eigenvalue weighted by Crippen LogP contribution is 2.15. The van der Waals surface area contributed by atoms with Crippen LogP contribution in [0.2, 0.25) is 0 Å². The fraction of sp³-hybridized carbons (Fsp3) is 0.533. The normalized spacial score (nSPS) is 18.0. The first-order valence-electron chi connectivity index (χ1n) is 7.46. The summed E-state index contributed by atoms with van der Waals surface area (Å²) in [5, 5.41) is 23.2. The zero-order chi connectivity index (χ0) is 15.9. The van der Waals surface area contributed by atoms with Crippen LogP contribution in [-0.2, 0) is 0 Å². The van der Waals surface area contributed by atoms with Crippen molar-refractivity contribution >= 4 is 11.6 Å². The summed E-state index contributed by atoms with van der Waals surface area (Å²) in [5.41, 5.74) is 4.07. The Morgan fingerprint density at radius 3 is 2.64 bits per heavy atom. The molecule has 0 radical (unpaired) electrons. The number of benzene rings is 1. The summed E-state index contributed by atoms with van der Waals surface area (Å²) in [5.74, 6) is -0.175. The largest absolute Gasteiger partial charge is 0.394 e. The quantitative estimate of drug-likeness (QED) is 0.558. The van der Waals surface area contributed by atoms with E-state index >= 15 is 0 Å². The molecule has 1 amide bonds. The summed E-state index contributed by atoms with van der Waals surface area (Å²) in [6.07, 6.45) is -0.853. The average Bonchev–Trinajstić information content (AvgIpc) is 2.55. The minimum Gasteiger partial charge on any atom is -0.394 e. The number of nitrogens with zero attached hydrogens (tertiary/aromatic N) is 2. The van der Waals surface area contributed by atoms with Crippen molar-refractivity contribution in [2.45, 2.75) is 6.10 Å². The van der Waals surface area contributed by atoms with Gasteiger partial charge in [-0.2, -0.15) is 0 Å². The standard InChI is InChI=1S/C15H24N4O3/c1-18-6-8-19(9-7-18)17-15(22)13-4-2-3-5-14(13)16-10-12(21)11-20/h2-5,12,16,20-21H,6-11H2,1H3,(H,17,22). The predicted octanol–water partition coefficient (Wildman–Crippen LogP) is -0.656. The van der Waals surface area contributed by atoms with Gasteiger partial charge in [0, 0.05) is 38.4 Å². The van der Waals surface area contributed by atoms with Crippen molar-refractivity contribution in [2.24, 2.45) is 0 Å². The fourth-order valence-corrected chi connectivity index (χ4v) is 2.25. The van der Waals surface area contributed by atoms with Gasteiger partial charge in [0.05, 0.1) is 18.3 Å². The van der Waals surface area contributed by atoms with Gasteiger partial charge >= 0.3 is 0 Å². The molecule has 22 heavy (non-hydrogen) atoms. The monoisotopic (exact) mass is 308 g/mol. The molecule has 4 N–H and O–H groups in total. The zero-order valence-corrected chi connectivity index (χ0v) is 12.8. The Morgan fingerprint density at radius 2 is 1.95 bits per heavy atom. The number of para-hydroxylation sites is 1. The number of anilines is 1. The molecule has 0 saturated carbocycles. The third-order valence-corrected chi connectivity index (χ3v) is 3.67. The highest BCUT2D eigenvalue weighted by molar-refractivity contribution is 5.99. The molecule has 1 aliphatic rings. The van der Waals surface area contributed by atoms with Crippen LogP contribution in [-0.4, -0.2) is 78.5 Å². The zero-order valence-electron chi connectivity index (χ0n) is 12.8. The Labute approximate surface area is 130 Å². The van der Waals surface area contributed by atoms with Gasteiger partial charge in [-0.05, 0) is 19.2 Å². The number of hydrazine groups is 1. The lowest BCUT2D eigenvalue weighted by Crippen LogP contribution is -2.52. The first kappa shape index (κ1) is 16.7. The maximum absolute atomic E-state index is 12.4. The van der Waals surface area contributed by atoms with Crippen LogP contribution in [0, 0.1) is 0 Å². The van der Waals surface area contributed by atoms with Gasteiger partial charge in [-0.15, -0.1) is 0 Å². The molecule has 0 spiro atoms. The number of likely N-dealkylation sites (N-methyl/N-ethyl adjacent to an activating group) is 1. The van der Waals surface area contributed by atoms with Gasteiger partial charge in [-0.3, -0.25) is 10.2 Å². The van der Waals surface area contributed by atoms with Crippen molar-refractivity contribution < 1.29 is 15.0 Å². The third-order valence-electron chi connectivity index (χ3n) is 3.67. The molecule has 2 rings (SSSR count). The molecular formula is C15H24N4O3. The molecule has 1 fully saturated rings. The van der Waals surface area contributed by atoms with E-state index in [0.29, 0.717) is 11.3 Å². The van der Waals surface area contributed by atoms with Gasteiger partial charge < -0.3 is 20.4 Å². The van der Waals surface area contributed by atoms with Crippen molar-refractivity contribution in [3.63, 3.8) is 0 Å². The molecule has 1 aromatic rings. The second-order valence-corrected chi connectivity index (χ2v) is 5.49. The van der Waals surface area contributed by atoms with Crippen LogP contribution >= 0.6 is 0 Å². The van der Waals surface area contributed by atoms with Gasteiger partial charge in [0.2, 0.25) is 0 Å². The smallest absolute Gasteiger partial charge is 0.267 e. The van der Waals surface area contributed by atoms with Crippen LogP contribution in [0.4, 0.5) is 5.69 Å². The van der Waals surface area contributed by atoms with Crippen molar-refractivity contribution in [1.29, 1.82) is 0 Å². The van der Waals surface area contributed by atoms with E-state index in [1.807, 2.05) is 11.1 Å². The van der Waals surface area contributed by atoms with Crippen LogP contribution in [0.5, 0.6) is 0 Å². The summed E-state index contributed by atoms with van der Waals surface area (Å²) in [7, 11) is 2.06. The second kappa shape index (κ2) is 8.09. The molecule has 1 heterocycles. The number of rotatable bonds is 6. The number of carbonyl (C=O) groups is 1. The summed E-state index contributed by atoms with van der Waals surface area (Å²) >= 11 is 0. The van der Waals surface area contributed by atoms with Crippen molar-refractivity contribution in [3.8, 4) is 0 Å². The molecule has 7 heteroatoms. The lowest BCUT2D eigenvalue weighted by atomic mass is 10.1. The minimum atomic E-state index is -0.853. The summed E-state index contributed by atoms with van der Waals surface area (Å²) < 4.78 is 0. The molecule has 0 bridgehead atoms. The second-order valence-electron chi connectivity index (χ2n) is 5.49. The number of hydrogen-bond acceptors (Lipinski definition) is 6. The predicted molar refractivity (Wildman–Crippen MR) is 84.6 cm³/mol. The number of amides is 1. The van der Waals surface area contributed by atoms with Crippen LogP contribution < -0.4 is 10.7 Å². The SMILES string of the molecule is CN1CCN(NC(=O)c2ccccc2NCC(O)CO)CC1. The van der Waals surface area contributed by atoms with E-state index in [1.165, 1.54) is 0 Å². The molecule has 122 valence electrons. The van der Waals surface area contributed by atoms with Gasteiger partial charge in [-0.25, -0.2) is 5.01 Å². The van der Waals surface area contributed by atoms with E-state index in [1.54, 1.807) is 18.2 Å².